The van der Waals surface area contributed by atoms with Crippen molar-refractivity contribution in [2.45, 2.75) is 25.8 Å². The van der Waals surface area contributed by atoms with Crippen molar-refractivity contribution in [3.8, 4) is 0 Å². The smallest absolute Gasteiger partial charge is 0.287 e. The molecule has 0 radical (unpaired) electrons. The van der Waals surface area contributed by atoms with Gasteiger partial charge in [0.25, 0.3) is 5.91 Å². The van der Waals surface area contributed by atoms with E-state index < -0.39 is 5.54 Å². The maximum atomic E-state index is 12.3. The molecule has 0 aliphatic carbocycles. The van der Waals surface area contributed by atoms with Crippen LogP contribution in [0.3, 0.4) is 0 Å². The van der Waals surface area contributed by atoms with Crippen LogP contribution in [-0.4, -0.2) is 23.2 Å². The molecule has 20 heavy (non-hydrogen) atoms. The number of alkyl halides is 2. The number of hydrogen-bond acceptors (Lipinski definition) is 2. The van der Waals surface area contributed by atoms with Crippen LogP contribution in [0.15, 0.2) is 28.7 Å². The van der Waals surface area contributed by atoms with Gasteiger partial charge >= 0.3 is 0 Å². The fraction of sp³-hybridized carbons (Fsp3) is 0.400. The highest BCUT2D eigenvalue weighted by Crippen LogP contribution is 2.22. The predicted molar refractivity (Wildman–Crippen MR) is 82.9 cm³/mol. The molecule has 0 unspecified atom stereocenters. The third-order valence-corrected chi connectivity index (χ3v) is 4.49. The number of carbonyl (C=O) groups excluding carboxylic acids is 1. The molecule has 5 heteroatoms. The first-order valence-corrected chi connectivity index (χ1v) is 7.55. The van der Waals surface area contributed by atoms with Gasteiger partial charge < -0.3 is 9.73 Å². The summed E-state index contributed by atoms with van der Waals surface area (Å²) in [7, 11) is 0. The van der Waals surface area contributed by atoms with E-state index in [-0.39, 0.29) is 23.4 Å². The lowest BCUT2D eigenvalue weighted by molar-refractivity contribution is 0.0887. The number of rotatable bonds is 5. The van der Waals surface area contributed by atoms with Gasteiger partial charge in [-0.15, -0.1) is 23.2 Å². The molecule has 1 aromatic carbocycles. The van der Waals surface area contributed by atoms with Crippen LogP contribution in [0.25, 0.3) is 11.0 Å². The SMILES string of the molecule is CCC(CCl)(CCl)NC(=O)c1cc2cc(C)ccc2o1. The van der Waals surface area contributed by atoms with Crippen molar-refractivity contribution in [2.24, 2.45) is 0 Å². The molecule has 0 saturated heterocycles. The van der Waals surface area contributed by atoms with Gasteiger partial charge in [-0.3, -0.25) is 4.79 Å². The van der Waals surface area contributed by atoms with E-state index in [1.807, 2.05) is 32.0 Å². The minimum Gasteiger partial charge on any atom is -0.451 e. The summed E-state index contributed by atoms with van der Waals surface area (Å²) in [5, 5.41) is 3.79. The van der Waals surface area contributed by atoms with E-state index in [1.165, 1.54) is 0 Å². The lowest BCUT2D eigenvalue weighted by Gasteiger charge is -2.28. The Hall–Kier alpha value is -1.19. The maximum Gasteiger partial charge on any atom is 0.287 e. The quantitative estimate of drug-likeness (QED) is 0.844. The summed E-state index contributed by atoms with van der Waals surface area (Å²) in [6, 6.07) is 7.52. The van der Waals surface area contributed by atoms with Crippen molar-refractivity contribution in [3.05, 3.63) is 35.6 Å². The van der Waals surface area contributed by atoms with Gasteiger partial charge in [0, 0.05) is 17.1 Å². The molecule has 1 N–H and O–H groups in total. The van der Waals surface area contributed by atoms with Crippen molar-refractivity contribution in [1.82, 2.24) is 5.32 Å². The van der Waals surface area contributed by atoms with Gasteiger partial charge in [0.05, 0.1) is 5.54 Å². The molecule has 2 aromatic rings. The average Bonchev–Trinajstić information content (AvgIpc) is 2.88. The molecule has 0 spiro atoms. The van der Waals surface area contributed by atoms with Gasteiger partial charge in [-0.25, -0.2) is 0 Å². The third-order valence-electron chi connectivity index (χ3n) is 3.46. The molecular formula is C15H17Cl2NO2. The Kier molecular flexibility index (Phi) is 4.61. The summed E-state index contributed by atoms with van der Waals surface area (Å²) >= 11 is 11.9. The van der Waals surface area contributed by atoms with Gasteiger partial charge in [-0.05, 0) is 31.5 Å². The van der Waals surface area contributed by atoms with Gasteiger partial charge in [0.2, 0.25) is 0 Å². The summed E-state index contributed by atoms with van der Waals surface area (Å²) in [5.74, 6) is 0.511. The minimum atomic E-state index is -0.602. The van der Waals surface area contributed by atoms with Crippen LogP contribution in [0.2, 0.25) is 0 Å². The molecule has 0 aliphatic heterocycles. The number of furan rings is 1. The van der Waals surface area contributed by atoms with Crippen molar-refractivity contribution >= 4 is 40.1 Å². The van der Waals surface area contributed by atoms with Crippen LogP contribution in [-0.2, 0) is 0 Å². The monoisotopic (exact) mass is 313 g/mol. The number of aryl methyl sites for hydroxylation is 1. The Balaban J connectivity index is 2.27. The second-order valence-electron chi connectivity index (χ2n) is 5.01. The Bertz CT molecular complexity index is 609. The number of benzene rings is 1. The van der Waals surface area contributed by atoms with Crippen molar-refractivity contribution in [3.63, 3.8) is 0 Å². The summed E-state index contributed by atoms with van der Waals surface area (Å²) in [5.41, 5.74) is 1.21. The fourth-order valence-electron chi connectivity index (χ4n) is 1.96. The van der Waals surface area contributed by atoms with Crippen LogP contribution in [0.1, 0.15) is 29.5 Å². The lowest BCUT2D eigenvalue weighted by Crippen LogP contribution is -2.51. The topological polar surface area (TPSA) is 42.2 Å². The largest absolute Gasteiger partial charge is 0.451 e. The first kappa shape index (κ1) is 15.2. The van der Waals surface area contributed by atoms with Crippen LogP contribution in [0, 0.1) is 6.92 Å². The first-order chi connectivity index (χ1) is 9.53. The Morgan fingerprint density at radius 2 is 2.00 bits per heavy atom. The zero-order valence-electron chi connectivity index (χ0n) is 11.5. The van der Waals surface area contributed by atoms with Gasteiger partial charge in [-0.1, -0.05) is 18.6 Å². The molecule has 3 nitrogen and oxygen atoms in total. The Morgan fingerprint density at radius 3 is 2.60 bits per heavy atom. The summed E-state index contributed by atoms with van der Waals surface area (Å²) in [4.78, 5) is 12.3. The number of halogens is 2. The van der Waals surface area contributed by atoms with Crippen molar-refractivity contribution < 1.29 is 9.21 Å². The minimum absolute atomic E-state index is 0.262. The molecule has 0 aliphatic rings. The number of fused-ring (bicyclic) bond motifs is 1. The van der Waals surface area contributed by atoms with Crippen molar-refractivity contribution in [2.75, 3.05) is 11.8 Å². The molecular weight excluding hydrogens is 297 g/mol. The molecule has 2 rings (SSSR count). The van der Waals surface area contributed by atoms with Crippen LogP contribution >= 0.6 is 23.2 Å². The lowest BCUT2D eigenvalue weighted by atomic mass is 10.0. The fourth-order valence-corrected chi connectivity index (χ4v) is 2.75. The Labute approximate surface area is 128 Å². The van der Waals surface area contributed by atoms with E-state index in [4.69, 9.17) is 27.6 Å². The molecule has 0 fully saturated rings. The van der Waals surface area contributed by atoms with Crippen LogP contribution in [0.4, 0.5) is 0 Å². The summed E-state index contributed by atoms with van der Waals surface area (Å²) in [6.45, 7) is 3.93. The molecule has 108 valence electrons. The normalized spacial score (nSPS) is 11.8. The van der Waals surface area contributed by atoms with Gasteiger partial charge in [0.15, 0.2) is 5.76 Å². The van der Waals surface area contributed by atoms with Gasteiger partial charge in [-0.2, -0.15) is 0 Å². The van der Waals surface area contributed by atoms with E-state index in [1.54, 1.807) is 6.07 Å². The van der Waals surface area contributed by atoms with Crippen LogP contribution in [0.5, 0.6) is 0 Å². The third kappa shape index (κ3) is 2.94. The molecule has 1 amide bonds. The maximum absolute atomic E-state index is 12.3. The van der Waals surface area contributed by atoms with Crippen LogP contribution < -0.4 is 5.32 Å². The van der Waals surface area contributed by atoms with Gasteiger partial charge in [0.1, 0.15) is 5.58 Å². The number of hydrogen-bond donors (Lipinski definition) is 1. The second kappa shape index (κ2) is 6.06. The molecule has 0 saturated carbocycles. The highest BCUT2D eigenvalue weighted by atomic mass is 35.5. The van der Waals surface area contributed by atoms with E-state index in [0.29, 0.717) is 12.0 Å². The zero-order valence-corrected chi connectivity index (χ0v) is 13.0. The van der Waals surface area contributed by atoms with E-state index in [9.17, 15) is 4.79 Å². The van der Waals surface area contributed by atoms with E-state index >= 15 is 0 Å². The highest BCUT2D eigenvalue weighted by molar-refractivity contribution is 6.22. The average molecular weight is 314 g/mol. The van der Waals surface area contributed by atoms with E-state index in [0.717, 1.165) is 10.9 Å². The highest BCUT2D eigenvalue weighted by Gasteiger charge is 2.29. The number of amides is 1. The summed E-state index contributed by atoms with van der Waals surface area (Å²) in [6.07, 6.45) is 0.658. The molecule has 0 atom stereocenters. The van der Waals surface area contributed by atoms with E-state index in [2.05, 4.69) is 5.32 Å². The predicted octanol–water partition coefficient (Wildman–Crippen LogP) is 4.10. The Morgan fingerprint density at radius 1 is 1.30 bits per heavy atom. The zero-order chi connectivity index (χ0) is 14.8. The number of carbonyl (C=O) groups is 1. The molecule has 1 heterocycles. The molecule has 0 bridgehead atoms. The summed E-state index contributed by atoms with van der Waals surface area (Å²) < 4.78 is 5.57. The molecule has 1 aromatic heterocycles. The van der Waals surface area contributed by atoms with Crippen molar-refractivity contribution in [1.29, 1.82) is 0 Å². The second-order valence-corrected chi connectivity index (χ2v) is 5.54. The number of nitrogens with one attached hydrogen (secondary N) is 1. The first-order valence-electron chi connectivity index (χ1n) is 6.48. The standard InChI is InChI=1S/C15H17Cl2NO2/c1-3-15(8-16,9-17)18-14(19)13-7-11-6-10(2)4-5-12(11)20-13/h4-7H,3,8-9H2,1-2H3,(H,18,19).